The van der Waals surface area contributed by atoms with Gasteiger partial charge in [-0.05, 0) is 48.4 Å². The third kappa shape index (κ3) is 3.17. The van der Waals surface area contributed by atoms with Crippen molar-refractivity contribution in [3.05, 3.63) is 41.2 Å². The number of aryl methyl sites for hydroxylation is 1. The number of aromatic nitrogens is 4. The second-order valence-corrected chi connectivity index (χ2v) is 4.75. The van der Waals surface area contributed by atoms with E-state index in [0.29, 0.717) is 6.54 Å². The SMILES string of the molecule is CCCNCc1nnnn1C(C)c1ccccc1C. The first-order chi connectivity index (χ1) is 9.24. The van der Waals surface area contributed by atoms with Crippen molar-refractivity contribution in [3.8, 4) is 0 Å². The highest BCUT2D eigenvalue weighted by Gasteiger charge is 2.15. The molecule has 2 aromatic rings. The Morgan fingerprint density at radius 1 is 1.32 bits per heavy atom. The number of nitrogens with one attached hydrogen (secondary N) is 1. The predicted octanol–water partition coefficient (Wildman–Crippen LogP) is 2.09. The van der Waals surface area contributed by atoms with Crippen LogP contribution in [-0.4, -0.2) is 26.8 Å². The summed E-state index contributed by atoms with van der Waals surface area (Å²) < 4.78 is 1.89. The molecule has 0 bridgehead atoms. The Hall–Kier alpha value is -1.75. The fraction of sp³-hybridized carbons (Fsp3) is 0.500. The van der Waals surface area contributed by atoms with Crippen LogP contribution in [0, 0.1) is 6.92 Å². The zero-order chi connectivity index (χ0) is 13.7. The largest absolute Gasteiger partial charge is 0.310 e. The quantitative estimate of drug-likeness (QED) is 0.807. The van der Waals surface area contributed by atoms with Crippen LogP contribution in [0.1, 0.15) is 43.3 Å². The monoisotopic (exact) mass is 259 g/mol. The Labute approximate surface area is 114 Å². The predicted molar refractivity (Wildman–Crippen MR) is 74.8 cm³/mol. The summed E-state index contributed by atoms with van der Waals surface area (Å²) in [4.78, 5) is 0. The van der Waals surface area contributed by atoms with E-state index < -0.39 is 0 Å². The summed E-state index contributed by atoms with van der Waals surface area (Å²) in [5.41, 5.74) is 2.52. The Balaban J connectivity index is 2.18. The molecular weight excluding hydrogens is 238 g/mol. The fourth-order valence-corrected chi connectivity index (χ4v) is 2.19. The molecule has 0 aliphatic carbocycles. The highest BCUT2D eigenvalue weighted by molar-refractivity contribution is 5.28. The van der Waals surface area contributed by atoms with Gasteiger partial charge in [-0.25, -0.2) is 4.68 Å². The first-order valence-electron chi connectivity index (χ1n) is 6.77. The van der Waals surface area contributed by atoms with Gasteiger partial charge in [-0.2, -0.15) is 0 Å². The van der Waals surface area contributed by atoms with Gasteiger partial charge in [-0.1, -0.05) is 31.2 Å². The highest BCUT2D eigenvalue weighted by Crippen LogP contribution is 2.20. The van der Waals surface area contributed by atoms with Crippen molar-refractivity contribution in [2.75, 3.05) is 6.54 Å². The maximum absolute atomic E-state index is 4.13. The van der Waals surface area contributed by atoms with Gasteiger partial charge in [0.1, 0.15) is 0 Å². The molecule has 0 saturated heterocycles. The molecule has 1 heterocycles. The third-order valence-corrected chi connectivity index (χ3v) is 3.28. The van der Waals surface area contributed by atoms with Crippen molar-refractivity contribution in [2.45, 2.75) is 39.8 Å². The molecule has 5 nitrogen and oxygen atoms in total. The molecule has 1 aromatic carbocycles. The highest BCUT2D eigenvalue weighted by atomic mass is 15.6. The Morgan fingerprint density at radius 3 is 2.84 bits per heavy atom. The molecule has 1 unspecified atom stereocenters. The van der Waals surface area contributed by atoms with E-state index in [1.165, 1.54) is 11.1 Å². The molecule has 0 aliphatic rings. The number of benzene rings is 1. The van der Waals surface area contributed by atoms with E-state index in [0.717, 1.165) is 18.8 Å². The van der Waals surface area contributed by atoms with Gasteiger partial charge in [-0.15, -0.1) is 5.10 Å². The zero-order valence-electron chi connectivity index (χ0n) is 11.8. The van der Waals surface area contributed by atoms with Gasteiger partial charge < -0.3 is 5.32 Å². The van der Waals surface area contributed by atoms with Gasteiger partial charge in [-0.3, -0.25) is 0 Å². The summed E-state index contributed by atoms with van der Waals surface area (Å²) in [6, 6.07) is 8.50. The van der Waals surface area contributed by atoms with Crippen LogP contribution in [0.4, 0.5) is 0 Å². The van der Waals surface area contributed by atoms with E-state index in [9.17, 15) is 0 Å². The Kier molecular flexibility index (Phi) is 4.63. The van der Waals surface area contributed by atoms with Gasteiger partial charge in [0.15, 0.2) is 5.82 Å². The van der Waals surface area contributed by atoms with Crippen molar-refractivity contribution in [1.82, 2.24) is 25.5 Å². The second-order valence-electron chi connectivity index (χ2n) is 4.75. The van der Waals surface area contributed by atoms with Gasteiger partial charge in [0, 0.05) is 0 Å². The lowest BCUT2D eigenvalue weighted by molar-refractivity contribution is 0.503. The van der Waals surface area contributed by atoms with E-state index in [4.69, 9.17) is 0 Å². The standard InChI is InChI=1S/C14H21N5/c1-4-9-15-10-14-16-17-18-19(14)12(3)13-8-6-5-7-11(13)2/h5-8,12,15H,4,9-10H2,1-3H3. The number of hydrogen-bond acceptors (Lipinski definition) is 4. The van der Waals surface area contributed by atoms with E-state index in [-0.39, 0.29) is 6.04 Å². The maximum Gasteiger partial charge on any atom is 0.165 e. The minimum atomic E-state index is 0.148. The van der Waals surface area contributed by atoms with Crippen LogP contribution in [0.15, 0.2) is 24.3 Å². The molecule has 0 aliphatic heterocycles. The molecule has 1 N–H and O–H groups in total. The topological polar surface area (TPSA) is 55.6 Å². The summed E-state index contributed by atoms with van der Waals surface area (Å²) in [7, 11) is 0. The minimum Gasteiger partial charge on any atom is -0.310 e. The molecule has 1 atom stereocenters. The lowest BCUT2D eigenvalue weighted by atomic mass is 10.0. The normalized spacial score (nSPS) is 12.6. The molecule has 5 heteroatoms. The van der Waals surface area contributed by atoms with Gasteiger partial charge in [0.05, 0.1) is 12.6 Å². The van der Waals surface area contributed by atoms with E-state index in [1.807, 2.05) is 4.68 Å². The number of rotatable bonds is 6. The first-order valence-corrected chi connectivity index (χ1v) is 6.77. The molecule has 0 amide bonds. The Bertz CT molecular complexity index is 520. The second kappa shape index (κ2) is 6.43. The maximum atomic E-state index is 4.13. The van der Waals surface area contributed by atoms with Crippen LogP contribution in [0.3, 0.4) is 0 Å². The van der Waals surface area contributed by atoms with Crippen LogP contribution < -0.4 is 5.32 Å². The van der Waals surface area contributed by atoms with Gasteiger partial charge in [0.25, 0.3) is 0 Å². The van der Waals surface area contributed by atoms with Crippen molar-refractivity contribution >= 4 is 0 Å². The molecule has 2 rings (SSSR count). The molecule has 0 fully saturated rings. The average molecular weight is 259 g/mol. The summed E-state index contributed by atoms with van der Waals surface area (Å²) in [6.07, 6.45) is 1.11. The Morgan fingerprint density at radius 2 is 2.11 bits per heavy atom. The minimum absolute atomic E-state index is 0.148. The zero-order valence-corrected chi connectivity index (χ0v) is 11.8. The van der Waals surface area contributed by atoms with Crippen LogP contribution in [0.2, 0.25) is 0 Å². The van der Waals surface area contributed by atoms with Crippen molar-refractivity contribution in [2.24, 2.45) is 0 Å². The van der Waals surface area contributed by atoms with Crippen LogP contribution in [-0.2, 0) is 6.54 Å². The smallest absolute Gasteiger partial charge is 0.165 e. The summed E-state index contributed by atoms with van der Waals surface area (Å²) in [5, 5.41) is 15.4. The lowest BCUT2D eigenvalue weighted by Crippen LogP contribution is -2.20. The van der Waals surface area contributed by atoms with Crippen molar-refractivity contribution < 1.29 is 0 Å². The molecule has 0 radical (unpaired) electrons. The number of nitrogens with zero attached hydrogens (tertiary/aromatic N) is 4. The van der Waals surface area contributed by atoms with Crippen molar-refractivity contribution in [3.63, 3.8) is 0 Å². The van der Waals surface area contributed by atoms with E-state index >= 15 is 0 Å². The van der Waals surface area contributed by atoms with Gasteiger partial charge >= 0.3 is 0 Å². The molecule has 1 aromatic heterocycles. The molecule has 19 heavy (non-hydrogen) atoms. The van der Waals surface area contributed by atoms with Gasteiger partial charge in [0.2, 0.25) is 0 Å². The molecule has 0 saturated carbocycles. The summed E-state index contributed by atoms with van der Waals surface area (Å²) >= 11 is 0. The molecular formula is C14H21N5. The van der Waals surface area contributed by atoms with Crippen LogP contribution in [0.5, 0.6) is 0 Å². The van der Waals surface area contributed by atoms with E-state index in [1.54, 1.807) is 0 Å². The van der Waals surface area contributed by atoms with E-state index in [2.05, 4.69) is 65.9 Å². The molecule has 0 spiro atoms. The fourth-order valence-electron chi connectivity index (χ4n) is 2.19. The van der Waals surface area contributed by atoms with Crippen molar-refractivity contribution in [1.29, 1.82) is 0 Å². The average Bonchev–Trinajstić information content (AvgIpc) is 2.87. The van der Waals surface area contributed by atoms with Crippen LogP contribution in [0.25, 0.3) is 0 Å². The number of tetrazole rings is 1. The summed E-state index contributed by atoms with van der Waals surface area (Å²) in [5.74, 6) is 0.879. The summed E-state index contributed by atoms with van der Waals surface area (Å²) in [6.45, 7) is 8.07. The molecule has 102 valence electrons. The third-order valence-electron chi connectivity index (χ3n) is 3.28. The van der Waals surface area contributed by atoms with Crippen LogP contribution >= 0.6 is 0 Å². The lowest BCUT2D eigenvalue weighted by Gasteiger charge is -2.16. The number of hydrogen-bond donors (Lipinski definition) is 1. The first kappa shape index (κ1) is 13.7.